The van der Waals surface area contributed by atoms with Gasteiger partial charge in [0.1, 0.15) is 0 Å². The SMILES string of the molecule is C[C@@H](N)C1C2CC3CC(C2)CC1C3.Cl. The number of hydrogen-bond acceptors (Lipinski definition) is 1. The first-order valence-corrected chi connectivity index (χ1v) is 5.99. The van der Waals surface area contributed by atoms with Crippen molar-refractivity contribution in [1.82, 2.24) is 0 Å². The molecule has 0 amide bonds. The Balaban J connectivity index is 0.000000750. The van der Waals surface area contributed by atoms with Crippen LogP contribution in [0.5, 0.6) is 0 Å². The summed E-state index contributed by atoms with van der Waals surface area (Å²) in [6.07, 6.45) is 7.61. The standard InChI is InChI=1S/C12H21N.ClH/c1-7(13)12-10-3-8-2-9(5-10)6-11(12)4-8;/h7-12H,2-6,13H2,1H3;1H/t7-,8?,9?,10?,11?,12?;/m1./s1. The lowest BCUT2D eigenvalue weighted by Crippen LogP contribution is -2.50. The molecule has 0 radical (unpaired) electrons. The molecule has 0 aliphatic heterocycles. The smallest absolute Gasteiger partial charge is 0.00440 e. The molecule has 0 saturated heterocycles. The predicted molar refractivity (Wildman–Crippen MR) is 61.4 cm³/mol. The molecule has 4 bridgehead atoms. The average Bonchev–Trinajstić information content (AvgIpc) is 2.00. The molecule has 1 atom stereocenters. The van der Waals surface area contributed by atoms with E-state index in [9.17, 15) is 0 Å². The lowest BCUT2D eigenvalue weighted by Gasteiger charge is -2.55. The summed E-state index contributed by atoms with van der Waals surface area (Å²) in [6.45, 7) is 2.23. The van der Waals surface area contributed by atoms with E-state index in [1.807, 2.05) is 0 Å². The van der Waals surface area contributed by atoms with Gasteiger partial charge in [0.05, 0.1) is 0 Å². The summed E-state index contributed by atoms with van der Waals surface area (Å²) in [6, 6.07) is 0.454. The van der Waals surface area contributed by atoms with E-state index in [1.54, 1.807) is 6.42 Å². The van der Waals surface area contributed by atoms with Gasteiger partial charge < -0.3 is 5.73 Å². The third kappa shape index (κ3) is 1.49. The molecule has 1 nitrogen and oxygen atoms in total. The lowest BCUT2D eigenvalue weighted by molar-refractivity contribution is -0.0442. The summed E-state index contributed by atoms with van der Waals surface area (Å²) in [4.78, 5) is 0. The molecule has 2 heteroatoms. The molecule has 0 spiro atoms. The monoisotopic (exact) mass is 215 g/mol. The van der Waals surface area contributed by atoms with Gasteiger partial charge in [0.2, 0.25) is 0 Å². The van der Waals surface area contributed by atoms with Crippen LogP contribution in [0.3, 0.4) is 0 Å². The number of hydrogen-bond donors (Lipinski definition) is 1. The zero-order chi connectivity index (χ0) is 9.00. The molecule has 4 fully saturated rings. The van der Waals surface area contributed by atoms with Gasteiger partial charge in [0, 0.05) is 6.04 Å². The zero-order valence-electron chi connectivity index (χ0n) is 8.99. The van der Waals surface area contributed by atoms with Crippen LogP contribution in [0.1, 0.15) is 39.0 Å². The van der Waals surface area contributed by atoms with E-state index in [0.717, 1.165) is 29.6 Å². The van der Waals surface area contributed by atoms with E-state index in [0.29, 0.717) is 6.04 Å². The van der Waals surface area contributed by atoms with Crippen molar-refractivity contribution in [2.24, 2.45) is 35.3 Å². The number of rotatable bonds is 1. The zero-order valence-corrected chi connectivity index (χ0v) is 9.80. The van der Waals surface area contributed by atoms with Gasteiger partial charge in [0.15, 0.2) is 0 Å². The summed E-state index contributed by atoms with van der Waals surface area (Å²) in [5.74, 6) is 5.09. The molecule has 82 valence electrons. The van der Waals surface area contributed by atoms with E-state index in [2.05, 4.69) is 6.92 Å². The molecular formula is C12H22ClN. The molecule has 14 heavy (non-hydrogen) atoms. The van der Waals surface area contributed by atoms with Crippen molar-refractivity contribution >= 4 is 12.4 Å². The third-order valence-electron chi connectivity index (χ3n) is 4.91. The average molecular weight is 216 g/mol. The largest absolute Gasteiger partial charge is 0.328 e. The molecule has 0 aromatic heterocycles. The summed E-state index contributed by atoms with van der Waals surface area (Å²) in [7, 11) is 0. The highest BCUT2D eigenvalue weighted by molar-refractivity contribution is 5.85. The summed E-state index contributed by atoms with van der Waals surface area (Å²) < 4.78 is 0. The minimum atomic E-state index is 0. The van der Waals surface area contributed by atoms with Gasteiger partial charge >= 0.3 is 0 Å². The Hall–Kier alpha value is 0.250. The van der Waals surface area contributed by atoms with E-state index < -0.39 is 0 Å². The Morgan fingerprint density at radius 2 is 1.36 bits per heavy atom. The van der Waals surface area contributed by atoms with Gasteiger partial charge in [-0.05, 0) is 68.6 Å². The lowest BCUT2D eigenvalue weighted by atomic mass is 9.51. The Labute approximate surface area is 93.2 Å². The molecule has 4 aliphatic carbocycles. The van der Waals surface area contributed by atoms with Crippen LogP contribution in [0.4, 0.5) is 0 Å². The molecule has 0 heterocycles. The van der Waals surface area contributed by atoms with Gasteiger partial charge in [-0.15, -0.1) is 12.4 Å². The van der Waals surface area contributed by atoms with Crippen LogP contribution < -0.4 is 5.73 Å². The maximum atomic E-state index is 6.12. The van der Waals surface area contributed by atoms with Crippen molar-refractivity contribution < 1.29 is 0 Å². The van der Waals surface area contributed by atoms with Crippen molar-refractivity contribution in [2.75, 3.05) is 0 Å². The molecule has 0 aromatic carbocycles. The van der Waals surface area contributed by atoms with Crippen LogP contribution in [0.2, 0.25) is 0 Å². The van der Waals surface area contributed by atoms with Crippen LogP contribution in [0.15, 0.2) is 0 Å². The van der Waals surface area contributed by atoms with Crippen LogP contribution >= 0.6 is 12.4 Å². The molecule has 4 aliphatic rings. The van der Waals surface area contributed by atoms with Crippen LogP contribution in [-0.2, 0) is 0 Å². The highest BCUT2D eigenvalue weighted by atomic mass is 35.5. The molecular weight excluding hydrogens is 194 g/mol. The first-order chi connectivity index (χ1) is 6.24. The second-order valence-corrected chi connectivity index (χ2v) is 5.87. The number of nitrogens with two attached hydrogens (primary N) is 1. The highest BCUT2D eigenvalue weighted by Crippen LogP contribution is 2.56. The normalized spacial score (nSPS) is 51.4. The quantitative estimate of drug-likeness (QED) is 0.716. The van der Waals surface area contributed by atoms with E-state index in [1.165, 1.54) is 25.7 Å². The maximum Gasteiger partial charge on any atom is 0.00440 e. The second-order valence-electron chi connectivity index (χ2n) is 5.87. The van der Waals surface area contributed by atoms with Crippen molar-refractivity contribution in [3.8, 4) is 0 Å². The Morgan fingerprint density at radius 3 is 1.71 bits per heavy atom. The fourth-order valence-electron chi connectivity index (χ4n) is 4.83. The summed E-state index contributed by atoms with van der Waals surface area (Å²) >= 11 is 0. The van der Waals surface area contributed by atoms with Gasteiger partial charge in [-0.25, -0.2) is 0 Å². The first-order valence-electron chi connectivity index (χ1n) is 5.99. The summed E-state index contributed by atoms with van der Waals surface area (Å²) in [5.41, 5.74) is 6.12. The van der Waals surface area contributed by atoms with Crippen molar-refractivity contribution in [1.29, 1.82) is 0 Å². The van der Waals surface area contributed by atoms with Gasteiger partial charge in [-0.2, -0.15) is 0 Å². The minimum Gasteiger partial charge on any atom is -0.328 e. The minimum absolute atomic E-state index is 0. The number of halogens is 1. The van der Waals surface area contributed by atoms with E-state index in [4.69, 9.17) is 5.73 Å². The van der Waals surface area contributed by atoms with Crippen LogP contribution in [-0.4, -0.2) is 6.04 Å². The second kappa shape index (κ2) is 3.68. The fraction of sp³-hybridized carbons (Fsp3) is 1.00. The van der Waals surface area contributed by atoms with Gasteiger partial charge in [0.25, 0.3) is 0 Å². The van der Waals surface area contributed by atoms with Gasteiger partial charge in [-0.3, -0.25) is 0 Å². The Bertz CT molecular complexity index is 186. The fourth-order valence-corrected chi connectivity index (χ4v) is 4.83. The van der Waals surface area contributed by atoms with Crippen molar-refractivity contribution in [3.05, 3.63) is 0 Å². The molecule has 2 N–H and O–H groups in total. The van der Waals surface area contributed by atoms with E-state index >= 15 is 0 Å². The molecule has 0 unspecified atom stereocenters. The van der Waals surface area contributed by atoms with Crippen LogP contribution in [0, 0.1) is 29.6 Å². The van der Waals surface area contributed by atoms with Crippen molar-refractivity contribution in [3.63, 3.8) is 0 Å². The molecule has 4 saturated carbocycles. The first kappa shape index (κ1) is 10.8. The Morgan fingerprint density at radius 1 is 0.929 bits per heavy atom. The topological polar surface area (TPSA) is 26.0 Å². The highest BCUT2D eigenvalue weighted by Gasteiger charge is 2.48. The Kier molecular flexibility index (Phi) is 2.83. The predicted octanol–water partition coefficient (Wildman–Crippen LogP) is 2.83. The molecule has 0 aromatic rings. The van der Waals surface area contributed by atoms with E-state index in [-0.39, 0.29) is 12.4 Å². The maximum absolute atomic E-state index is 6.12. The van der Waals surface area contributed by atoms with Crippen molar-refractivity contribution in [2.45, 2.75) is 45.1 Å². The summed E-state index contributed by atoms with van der Waals surface area (Å²) in [5, 5.41) is 0. The van der Waals surface area contributed by atoms with Crippen LogP contribution in [0.25, 0.3) is 0 Å². The molecule has 4 rings (SSSR count). The third-order valence-corrected chi connectivity index (χ3v) is 4.91. The van der Waals surface area contributed by atoms with Gasteiger partial charge in [-0.1, -0.05) is 0 Å².